The van der Waals surface area contributed by atoms with Crippen LogP contribution in [0.3, 0.4) is 0 Å². The molecule has 0 atom stereocenters. The van der Waals surface area contributed by atoms with Crippen LogP contribution >= 0.6 is 0 Å². The third-order valence-corrected chi connectivity index (χ3v) is 6.24. The maximum atomic E-state index is 11.4. The van der Waals surface area contributed by atoms with E-state index in [0.717, 1.165) is 66.9 Å². The van der Waals surface area contributed by atoms with Crippen molar-refractivity contribution in [2.45, 2.75) is 58.9 Å². The summed E-state index contributed by atoms with van der Waals surface area (Å²) in [5.41, 5.74) is 3.46. The van der Waals surface area contributed by atoms with Gasteiger partial charge in [0.1, 0.15) is 17.0 Å². The predicted molar refractivity (Wildman–Crippen MR) is 139 cm³/mol. The minimum Gasteiger partial charge on any atom is -0.494 e. The van der Waals surface area contributed by atoms with Crippen molar-refractivity contribution in [3.63, 3.8) is 0 Å². The molecule has 1 aromatic carbocycles. The molecule has 2 aromatic heterocycles. The number of carbonyl (C=O) groups excluding carboxylic acids is 1. The van der Waals surface area contributed by atoms with E-state index in [1.807, 2.05) is 37.5 Å². The zero-order chi connectivity index (χ0) is 25.3. The van der Waals surface area contributed by atoms with Crippen molar-refractivity contribution in [1.82, 2.24) is 19.5 Å². The number of fused-ring (bicyclic) bond motifs is 1. The number of carbonyl (C=O) groups is 1. The highest BCUT2D eigenvalue weighted by Crippen LogP contribution is 2.30. The maximum Gasteiger partial charge on any atom is 0.305 e. The lowest BCUT2D eigenvalue weighted by atomic mass is 10.1. The van der Waals surface area contributed by atoms with Gasteiger partial charge >= 0.3 is 5.97 Å². The first-order valence-electron chi connectivity index (χ1n) is 13.0. The molecule has 4 rings (SSSR count). The number of rotatable bonds is 12. The number of nitrogens with zero attached hydrogens (tertiary/aromatic N) is 5. The molecule has 0 aliphatic carbocycles. The Morgan fingerprint density at radius 2 is 1.81 bits per heavy atom. The number of anilines is 1. The van der Waals surface area contributed by atoms with Crippen LogP contribution in [0.1, 0.15) is 58.9 Å². The number of hydrogen-bond acceptors (Lipinski definition) is 8. The lowest BCUT2D eigenvalue weighted by Crippen LogP contribution is -2.37. The fourth-order valence-corrected chi connectivity index (χ4v) is 4.25. The number of morpholine rings is 1. The van der Waals surface area contributed by atoms with Gasteiger partial charge in [0.2, 0.25) is 5.95 Å². The monoisotopic (exact) mass is 495 g/mol. The number of esters is 1. The first-order chi connectivity index (χ1) is 17.6. The molecule has 1 saturated heterocycles. The van der Waals surface area contributed by atoms with Gasteiger partial charge < -0.3 is 23.7 Å². The second kappa shape index (κ2) is 12.7. The summed E-state index contributed by atoms with van der Waals surface area (Å²) in [5.74, 6) is 1.44. The van der Waals surface area contributed by atoms with Gasteiger partial charge in [-0.25, -0.2) is 9.97 Å². The molecule has 0 saturated carbocycles. The molecule has 0 spiro atoms. The minimum atomic E-state index is -0.108. The minimum absolute atomic E-state index is 0.108. The summed E-state index contributed by atoms with van der Waals surface area (Å²) < 4.78 is 18.5. The van der Waals surface area contributed by atoms with Crippen LogP contribution < -0.4 is 9.64 Å². The number of aromatic nitrogens is 4. The van der Waals surface area contributed by atoms with Crippen LogP contribution in [0.5, 0.6) is 5.75 Å². The SMILES string of the molecule is CCOC(=O)CCCCCCOc1ccc(-c2nc(N3CCOCC3)nc3c2ncn3C(C)C)cc1. The Kier molecular flexibility index (Phi) is 9.11. The van der Waals surface area contributed by atoms with Crippen LogP contribution in [0.4, 0.5) is 5.95 Å². The van der Waals surface area contributed by atoms with Crippen molar-refractivity contribution < 1.29 is 19.0 Å². The van der Waals surface area contributed by atoms with Crippen molar-refractivity contribution in [2.24, 2.45) is 0 Å². The van der Waals surface area contributed by atoms with Crippen LogP contribution in [-0.4, -0.2) is 65.0 Å². The summed E-state index contributed by atoms with van der Waals surface area (Å²) in [4.78, 5) is 28.0. The molecule has 9 heteroatoms. The van der Waals surface area contributed by atoms with Gasteiger partial charge in [-0.1, -0.05) is 12.8 Å². The van der Waals surface area contributed by atoms with Crippen LogP contribution in [0, 0.1) is 0 Å². The number of hydrogen-bond donors (Lipinski definition) is 0. The highest BCUT2D eigenvalue weighted by Gasteiger charge is 2.20. The normalized spacial score (nSPS) is 13.9. The van der Waals surface area contributed by atoms with E-state index in [1.165, 1.54) is 0 Å². The van der Waals surface area contributed by atoms with Crippen molar-refractivity contribution in [2.75, 3.05) is 44.4 Å². The molecule has 3 heterocycles. The van der Waals surface area contributed by atoms with E-state index < -0.39 is 0 Å². The van der Waals surface area contributed by atoms with Crippen molar-refractivity contribution in [1.29, 1.82) is 0 Å². The van der Waals surface area contributed by atoms with Crippen LogP contribution in [0.15, 0.2) is 30.6 Å². The summed E-state index contributed by atoms with van der Waals surface area (Å²) in [5, 5.41) is 0. The number of imidazole rings is 1. The number of ether oxygens (including phenoxy) is 3. The van der Waals surface area contributed by atoms with Gasteiger partial charge in [0, 0.05) is 31.1 Å². The van der Waals surface area contributed by atoms with Gasteiger partial charge in [-0.15, -0.1) is 0 Å². The average Bonchev–Trinajstić information content (AvgIpc) is 3.33. The molecule has 9 nitrogen and oxygen atoms in total. The standard InChI is InChI=1S/C27H37N5O4/c1-4-35-23(33)9-7-5-6-8-16-36-22-12-10-21(11-13-22)24-25-26(32(19-28-25)20(2)3)30-27(29-24)31-14-17-34-18-15-31/h10-13,19-20H,4-9,14-18H2,1-3H3. The summed E-state index contributed by atoms with van der Waals surface area (Å²) in [6.45, 7) is 10.1. The van der Waals surface area contributed by atoms with Gasteiger partial charge in [0.15, 0.2) is 5.65 Å². The van der Waals surface area contributed by atoms with E-state index in [2.05, 4.69) is 28.3 Å². The zero-order valence-electron chi connectivity index (χ0n) is 21.6. The molecular formula is C27H37N5O4. The van der Waals surface area contributed by atoms with E-state index >= 15 is 0 Å². The van der Waals surface area contributed by atoms with E-state index in [0.29, 0.717) is 38.8 Å². The molecule has 1 fully saturated rings. The largest absolute Gasteiger partial charge is 0.494 e. The number of unbranched alkanes of at least 4 members (excludes halogenated alkanes) is 3. The molecular weight excluding hydrogens is 458 g/mol. The second-order valence-electron chi connectivity index (χ2n) is 9.23. The van der Waals surface area contributed by atoms with Gasteiger partial charge in [-0.05, 0) is 57.9 Å². The molecule has 1 aliphatic heterocycles. The van der Waals surface area contributed by atoms with Gasteiger partial charge in [0.25, 0.3) is 0 Å². The Morgan fingerprint density at radius 1 is 1.06 bits per heavy atom. The van der Waals surface area contributed by atoms with Crippen LogP contribution in [0.2, 0.25) is 0 Å². The Hall–Kier alpha value is -3.20. The second-order valence-corrected chi connectivity index (χ2v) is 9.23. The lowest BCUT2D eigenvalue weighted by molar-refractivity contribution is -0.143. The van der Waals surface area contributed by atoms with Gasteiger partial charge in [-0.2, -0.15) is 4.98 Å². The average molecular weight is 496 g/mol. The quantitative estimate of drug-likeness (QED) is 0.261. The molecule has 0 amide bonds. The van der Waals surface area contributed by atoms with E-state index in [4.69, 9.17) is 24.2 Å². The molecule has 0 bridgehead atoms. The van der Waals surface area contributed by atoms with Crippen LogP contribution in [0.25, 0.3) is 22.4 Å². The third-order valence-electron chi connectivity index (χ3n) is 6.24. The fourth-order valence-electron chi connectivity index (χ4n) is 4.25. The maximum absolute atomic E-state index is 11.4. The fraction of sp³-hybridized carbons (Fsp3) is 0.556. The highest BCUT2D eigenvalue weighted by atomic mass is 16.5. The first-order valence-corrected chi connectivity index (χ1v) is 13.0. The van der Waals surface area contributed by atoms with Gasteiger partial charge in [-0.3, -0.25) is 4.79 Å². The summed E-state index contributed by atoms with van der Waals surface area (Å²) in [6, 6.07) is 8.29. The third kappa shape index (κ3) is 6.51. The first kappa shape index (κ1) is 25.9. The summed E-state index contributed by atoms with van der Waals surface area (Å²) >= 11 is 0. The lowest BCUT2D eigenvalue weighted by Gasteiger charge is -2.27. The van der Waals surface area contributed by atoms with E-state index in [1.54, 1.807) is 0 Å². The van der Waals surface area contributed by atoms with Gasteiger partial charge in [0.05, 0.1) is 32.8 Å². The molecule has 3 aromatic rings. The Morgan fingerprint density at radius 3 is 2.53 bits per heavy atom. The molecule has 36 heavy (non-hydrogen) atoms. The smallest absolute Gasteiger partial charge is 0.305 e. The zero-order valence-corrected chi connectivity index (χ0v) is 21.6. The Bertz CT molecular complexity index is 1120. The van der Waals surface area contributed by atoms with Crippen LogP contribution in [-0.2, 0) is 14.3 Å². The molecule has 0 radical (unpaired) electrons. The topological polar surface area (TPSA) is 91.6 Å². The molecule has 0 unspecified atom stereocenters. The summed E-state index contributed by atoms with van der Waals surface area (Å²) in [6.07, 6.45) is 6.18. The van der Waals surface area contributed by atoms with E-state index in [9.17, 15) is 4.79 Å². The number of benzene rings is 1. The van der Waals surface area contributed by atoms with E-state index in [-0.39, 0.29) is 12.0 Å². The molecule has 0 N–H and O–H groups in total. The van der Waals surface area contributed by atoms with Crippen molar-refractivity contribution >= 4 is 23.1 Å². The molecule has 1 aliphatic rings. The Balaban J connectivity index is 1.40. The summed E-state index contributed by atoms with van der Waals surface area (Å²) in [7, 11) is 0. The van der Waals surface area contributed by atoms with Crippen molar-refractivity contribution in [3.8, 4) is 17.0 Å². The molecule has 194 valence electrons. The Labute approximate surface area is 212 Å². The highest BCUT2D eigenvalue weighted by molar-refractivity contribution is 5.88. The van der Waals surface area contributed by atoms with Crippen molar-refractivity contribution in [3.05, 3.63) is 30.6 Å². The predicted octanol–water partition coefficient (Wildman–Crippen LogP) is 4.80.